The third kappa shape index (κ3) is 4.34. The van der Waals surface area contributed by atoms with Crippen LogP contribution in [0.5, 0.6) is 0 Å². The fourth-order valence-electron chi connectivity index (χ4n) is 2.12. The second-order valence-electron chi connectivity index (χ2n) is 4.93. The van der Waals surface area contributed by atoms with Crippen molar-refractivity contribution < 1.29 is 9.59 Å². The molecule has 2 amide bonds. The molecule has 5 nitrogen and oxygen atoms in total. The van der Waals surface area contributed by atoms with Gasteiger partial charge in [-0.05, 0) is 19.8 Å². The summed E-state index contributed by atoms with van der Waals surface area (Å²) in [5.74, 6) is -0.189. The van der Waals surface area contributed by atoms with Gasteiger partial charge in [-0.3, -0.25) is 9.59 Å². The predicted molar refractivity (Wildman–Crippen MR) is 66.3 cm³/mol. The van der Waals surface area contributed by atoms with E-state index in [4.69, 9.17) is 5.73 Å². The molecule has 5 heteroatoms. The van der Waals surface area contributed by atoms with Crippen molar-refractivity contribution in [3.05, 3.63) is 0 Å². The number of nitrogens with zero attached hydrogens (tertiary/aromatic N) is 1. The van der Waals surface area contributed by atoms with E-state index in [1.807, 2.05) is 6.92 Å². The van der Waals surface area contributed by atoms with Crippen LogP contribution in [0.3, 0.4) is 0 Å². The molecule has 0 aliphatic heterocycles. The van der Waals surface area contributed by atoms with Crippen molar-refractivity contribution in [1.82, 2.24) is 10.2 Å². The van der Waals surface area contributed by atoms with E-state index < -0.39 is 0 Å². The van der Waals surface area contributed by atoms with Crippen LogP contribution in [0, 0.1) is 0 Å². The maximum atomic E-state index is 11.7. The van der Waals surface area contributed by atoms with Crippen LogP contribution < -0.4 is 11.1 Å². The van der Waals surface area contributed by atoms with Crippen LogP contribution in [0.15, 0.2) is 0 Å². The van der Waals surface area contributed by atoms with Crippen LogP contribution in [0.2, 0.25) is 0 Å². The minimum atomic E-state index is -0.343. The summed E-state index contributed by atoms with van der Waals surface area (Å²) in [5.41, 5.74) is 5.75. The van der Waals surface area contributed by atoms with Crippen molar-refractivity contribution in [2.75, 3.05) is 20.1 Å². The van der Waals surface area contributed by atoms with Crippen molar-refractivity contribution in [1.29, 1.82) is 0 Å². The van der Waals surface area contributed by atoms with Crippen molar-refractivity contribution in [2.24, 2.45) is 5.73 Å². The van der Waals surface area contributed by atoms with E-state index in [0.29, 0.717) is 13.0 Å². The van der Waals surface area contributed by atoms with Gasteiger partial charge in [-0.1, -0.05) is 12.8 Å². The van der Waals surface area contributed by atoms with Gasteiger partial charge in [0.05, 0.1) is 6.54 Å². The first-order chi connectivity index (χ1) is 7.97. The molecule has 1 aliphatic rings. The summed E-state index contributed by atoms with van der Waals surface area (Å²) in [4.78, 5) is 24.7. The summed E-state index contributed by atoms with van der Waals surface area (Å²) in [6, 6.07) is 0. The van der Waals surface area contributed by atoms with Crippen LogP contribution in [0.25, 0.3) is 0 Å². The molecule has 1 rings (SSSR count). The highest BCUT2D eigenvalue weighted by atomic mass is 16.2. The van der Waals surface area contributed by atoms with E-state index in [1.54, 1.807) is 11.9 Å². The van der Waals surface area contributed by atoms with E-state index in [2.05, 4.69) is 5.32 Å². The smallest absolute Gasteiger partial charge is 0.241 e. The van der Waals surface area contributed by atoms with Gasteiger partial charge in [0.1, 0.15) is 0 Å². The molecular formula is C12H23N3O2. The number of nitrogens with two attached hydrogens (primary N) is 1. The van der Waals surface area contributed by atoms with Gasteiger partial charge < -0.3 is 16.0 Å². The highest BCUT2D eigenvalue weighted by molar-refractivity contribution is 5.85. The molecule has 0 saturated heterocycles. The zero-order valence-corrected chi connectivity index (χ0v) is 10.8. The number of carbonyl (C=O) groups is 2. The molecule has 1 aliphatic carbocycles. The van der Waals surface area contributed by atoms with Gasteiger partial charge in [-0.2, -0.15) is 0 Å². The Balaban J connectivity index is 2.28. The maximum Gasteiger partial charge on any atom is 0.241 e. The average molecular weight is 241 g/mol. The SMILES string of the molecule is CCN(C)C(=O)CNC(=O)CC1(N)CCCC1. The van der Waals surface area contributed by atoms with Gasteiger partial charge in [-0.15, -0.1) is 0 Å². The lowest BCUT2D eigenvalue weighted by Gasteiger charge is -2.22. The van der Waals surface area contributed by atoms with E-state index in [0.717, 1.165) is 25.7 Å². The number of carbonyl (C=O) groups excluding carboxylic acids is 2. The largest absolute Gasteiger partial charge is 0.347 e. The third-order valence-electron chi connectivity index (χ3n) is 3.45. The molecule has 0 aromatic carbocycles. The van der Waals surface area contributed by atoms with Gasteiger partial charge in [0, 0.05) is 25.6 Å². The zero-order chi connectivity index (χ0) is 12.9. The summed E-state index contributed by atoms with van der Waals surface area (Å²) in [7, 11) is 1.72. The van der Waals surface area contributed by atoms with Crippen LogP contribution in [-0.2, 0) is 9.59 Å². The van der Waals surface area contributed by atoms with Crippen LogP contribution in [-0.4, -0.2) is 42.4 Å². The normalized spacial score (nSPS) is 17.8. The molecule has 0 unspecified atom stereocenters. The Morgan fingerprint density at radius 2 is 1.94 bits per heavy atom. The molecule has 0 spiro atoms. The number of likely N-dealkylation sites (N-methyl/N-ethyl adjacent to an activating group) is 1. The molecule has 0 bridgehead atoms. The standard InChI is InChI=1S/C12H23N3O2/c1-3-15(2)11(17)9-14-10(16)8-12(13)6-4-5-7-12/h3-9,13H2,1-2H3,(H,14,16). The van der Waals surface area contributed by atoms with Crippen molar-refractivity contribution in [3.8, 4) is 0 Å². The fourth-order valence-corrected chi connectivity index (χ4v) is 2.12. The summed E-state index contributed by atoms with van der Waals surface area (Å²) >= 11 is 0. The predicted octanol–water partition coefficient (Wildman–Crippen LogP) is 0.243. The number of nitrogens with one attached hydrogen (secondary N) is 1. The van der Waals surface area contributed by atoms with Crippen LogP contribution >= 0.6 is 0 Å². The van der Waals surface area contributed by atoms with Gasteiger partial charge in [0.15, 0.2) is 0 Å². The second-order valence-corrected chi connectivity index (χ2v) is 4.93. The van der Waals surface area contributed by atoms with Gasteiger partial charge in [-0.25, -0.2) is 0 Å². The van der Waals surface area contributed by atoms with Crippen LogP contribution in [0.4, 0.5) is 0 Å². The van der Waals surface area contributed by atoms with Crippen molar-refractivity contribution in [2.45, 2.75) is 44.6 Å². The molecule has 1 saturated carbocycles. The Morgan fingerprint density at radius 1 is 1.35 bits per heavy atom. The summed E-state index contributed by atoms with van der Waals surface area (Å²) in [6.45, 7) is 2.61. The monoisotopic (exact) mass is 241 g/mol. The quantitative estimate of drug-likeness (QED) is 0.724. The number of amides is 2. The number of hydrogen-bond donors (Lipinski definition) is 2. The number of hydrogen-bond acceptors (Lipinski definition) is 3. The van der Waals surface area contributed by atoms with Gasteiger partial charge in [0.2, 0.25) is 11.8 Å². The van der Waals surface area contributed by atoms with Crippen LogP contribution in [0.1, 0.15) is 39.0 Å². The molecule has 3 N–H and O–H groups in total. The summed E-state index contributed by atoms with van der Waals surface area (Å²) in [6.07, 6.45) is 4.34. The lowest BCUT2D eigenvalue weighted by atomic mass is 9.94. The molecule has 1 fully saturated rings. The van der Waals surface area contributed by atoms with Gasteiger partial charge >= 0.3 is 0 Å². The third-order valence-corrected chi connectivity index (χ3v) is 3.45. The molecule has 0 radical (unpaired) electrons. The lowest BCUT2D eigenvalue weighted by Crippen LogP contribution is -2.44. The highest BCUT2D eigenvalue weighted by Crippen LogP contribution is 2.29. The molecule has 0 heterocycles. The first-order valence-electron chi connectivity index (χ1n) is 6.26. The Labute approximate surface area is 103 Å². The summed E-state index contributed by atoms with van der Waals surface area (Å²) < 4.78 is 0. The minimum Gasteiger partial charge on any atom is -0.347 e. The Bertz CT molecular complexity index is 285. The van der Waals surface area contributed by atoms with E-state index in [1.165, 1.54) is 0 Å². The molecule has 17 heavy (non-hydrogen) atoms. The molecule has 98 valence electrons. The fraction of sp³-hybridized carbons (Fsp3) is 0.833. The number of rotatable bonds is 5. The van der Waals surface area contributed by atoms with E-state index >= 15 is 0 Å². The highest BCUT2D eigenvalue weighted by Gasteiger charge is 2.31. The van der Waals surface area contributed by atoms with Crippen molar-refractivity contribution >= 4 is 11.8 Å². The molecule has 0 aromatic heterocycles. The second kappa shape index (κ2) is 6.00. The molecule has 0 atom stereocenters. The topological polar surface area (TPSA) is 75.4 Å². The Hall–Kier alpha value is -1.10. The van der Waals surface area contributed by atoms with Crippen molar-refractivity contribution in [3.63, 3.8) is 0 Å². The Morgan fingerprint density at radius 3 is 2.47 bits per heavy atom. The first kappa shape index (κ1) is 14.0. The first-order valence-corrected chi connectivity index (χ1v) is 6.26. The van der Waals surface area contributed by atoms with E-state index in [-0.39, 0.29) is 23.9 Å². The minimum absolute atomic E-state index is 0.0687. The molecular weight excluding hydrogens is 218 g/mol. The zero-order valence-electron chi connectivity index (χ0n) is 10.8. The molecule has 0 aromatic rings. The maximum absolute atomic E-state index is 11.7. The van der Waals surface area contributed by atoms with Gasteiger partial charge in [0.25, 0.3) is 0 Å². The van der Waals surface area contributed by atoms with E-state index in [9.17, 15) is 9.59 Å². The lowest BCUT2D eigenvalue weighted by molar-refractivity contribution is -0.132. The Kier molecular flexibility index (Phi) is 4.93. The average Bonchev–Trinajstić information content (AvgIpc) is 2.71. The summed E-state index contributed by atoms with van der Waals surface area (Å²) in [5, 5.41) is 2.64.